The highest BCUT2D eigenvalue weighted by molar-refractivity contribution is 6.03. The van der Waals surface area contributed by atoms with Crippen LogP contribution in [0.25, 0.3) is 0 Å². The van der Waals surface area contributed by atoms with E-state index >= 15 is 0 Å². The molecule has 2 atom stereocenters. The van der Waals surface area contributed by atoms with Gasteiger partial charge in [0.25, 0.3) is 0 Å². The molecule has 1 aliphatic heterocycles. The Morgan fingerprint density at radius 1 is 1.24 bits per heavy atom. The number of alkyl halides is 3. The fourth-order valence-corrected chi connectivity index (χ4v) is 3.86. The number of carbonyl (C=O) groups excluding carboxylic acids is 1. The first kappa shape index (κ1) is 23.0. The molecule has 33 heavy (non-hydrogen) atoms. The van der Waals surface area contributed by atoms with Crippen LogP contribution in [0.4, 0.5) is 30.6 Å². The van der Waals surface area contributed by atoms with Gasteiger partial charge in [-0.1, -0.05) is 0 Å². The molecule has 0 saturated heterocycles. The number of rotatable bonds is 6. The number of methoxy groups -OCH3 is 1. The molecule has 1 aliphatic carbocycles. The Morgan fingerprint density at radius 2 is 1.91 bits per heavy atom. The summed E-state index contributed by atoms with van der Waals surface area (Å²) in [6.07, 6.45) is -1.85. The Hall–Kier alpha value is -3.22. The van der Waals surface area contributed by atoms with Crippen LogP contribution in [0.3, 0.4) is 0 Å². The number of halogens is 3. The van der Waals surface area contributed by atoms with E-state index in [4.69, 9.17) is 9.47 Å². The summed E-state index contributed by atoms with van der Waals surface area (Å²) >= 11 is 0. The van der Waals surface area contributed by atoms with Crippen LogP contribution in [0.2, 0.25) is 0 Å². The molecule has 2 aromatic rings. The van der Waals surface area contributed by atoms with Gasteiger partial charge in [-0.3, -0.25) is 4.79 Å². The number of nitrogens with zero attached hydrogens (tertiary/aromatic N) is 5. The van der Waals surface area contributed by atoms with E-state index < -0.39 is 18.0 Å². The Kier molecular flexibility index (Phi) is 5.99. The highest BCUT2D eigenvalue weighted by Crippen LogP contribution is 2.35. The highest BCUT2D eigenvalue weighted by Gasteiger charge is 2.38. The number of aryl methyl sites for hydroxylation is 1. The molecule has 0 aromatic carbocycles. The van der Waals surface area contributed by atoms with Crippen molar-refractivity contribution >= 4 is 23.4 Å². The minimum Gasteiger partial charge on any atom is -0.487 e. The molecule has 0 radical (unpaired) electrons. The monoisotopic (exact) mass is 467 g/mol. The van der Waals surface area contributed by atoms with E-state index in [1.807, 2.05) is 6.92 Å². The second-order valence-corrected chi connectivity index (χ2v) is 8.11. The summed E-state index contributed by atoms with van der Waals surface area (Å²) in [5.41, 5.74) is 1.19. The molecule has 0 spiro atoms. The van der Waals surface area contributed by atoms with Crippen molar-refractivity contribution in [3.8, 4) is 5.75 Å². The second-order valence-electron chi connectivity index (χ2n) is 8.11. The van der Waals surface area contributed by atoms with Gasteiger partial charge in [-0.05, 0) is 13.8 Å². The molecular weight excluding hydrogens is 443 g/mol. The van der Waals surface area contributed by atoms with Crippen molar-refractivity contribution in [1.82, 2.24) is 19.9 Å². The zero-order valence-electron chi connectivity index (χ0n) is 18.5. The van der Waals surface area contributed by atoms with E-state index in [0.29, 0.717) is 36.0 Å². The van der Waals surface area contributed by atoms with Crippen molar-refractivity contribution in [3.05, 3.63) is 23.9 Å². The molecular formula is C20H24F3N7O3. The molecule has 10 nitrogen and oxygen atoms in total. The molecule has 1 amide bonds. The normalized spacial score (nSPS) is 23.3. The van der Waals surface area contributed by atoms with Gasteiger partial charge in [0, 0.05) is 33.0 Å². The molecule has 1 fully saturated rings. The number of ether oxygens (including phenoxy) is 2. The number of anilines is 3. The summed E-state index contributed by atoms with van der Waals surface area (Å²) in [5.74, 6) is -0.195. The third-order valence-corrected chi connectivity index (χ3v) is 5.77. The molecule has 2 aliphatic rings. The topological polar surface area (TPSA) is 114 Å². The highest BCUT2D eigenvalue weighted by atomic mass is 19.4. The summed E-state index contributed by atoms with van der Waals surface area (Å²) in [6, 6.07) is -0.503. The quantitative estimate of drug-likeness (QED) is 0.661. The Morgan fingerprint density at radius 3 is 2.52 bits per heavy atom. The number of amides is 1. The number of aromatic nitrogens is 4. The first-order chi connectivity index (χ1) is 15.6. The summed E-state index contributed by atoms with van der Waals surface area (Å²) in [7, 11) is 3.33. The lowest BCUT2D eigenvalue weighted by Crippen LogP contribution is -2.53. The zero-order valence-corrected chi connectivity index (χ0v) is 18.5. The molecule has 2 N–H and O–H groups in total. The maximum absolute atomic E-state index is 12.6. The lowest BCUT2D eigenvalue weighted by Gasteiger charge is -2.38. The van der Waals surface area contributed by atoms with Crippen LogP contribution in [0, 0.1) is 6.92 Å². The molecule has 0 unspecified atom stereocenters. The smallest absolute Gasteiger partial charge is 0.451 e. The van der Waals surface area contributed by atoms with Crippen LogP contribution >= 0.6 is 0 Å². The van der Waals surface area contributed by atoms with Crippen molar-refractivity contribution in [2.45, 2.75) is 57.2 Å². The summed E-state index contributed by atoms with van der Waals surface area (Å²) in [4.78, 5) is 29.9. The molecule has 2 aromatic heterocycles. The zero-order chi connectivity index (χ0) is 23.9. The third-order valence-electron chi connectivity index (χ3n) is 5.77. The van der Waals surface area contributed by atoms with Gasteiger partial charge in [0.05, 0.1) is 24.2 Å². The molecule has 178 valence electrons. The molecule has 13 heteroatoms. The first-order valence-corrected chi connectivity index (χ1v) is 10.3. The lowest BCUT2D eigenvalue weighted by molar-refractivity contribution is -0.145. The minimum atomic E-state index is -4.59. The van der Waals surface area contributed by atoms with E-state index in [1.54, 1.807) is 26.0 Å². The van der Waals surface area contributed by atoms with Crippen LogP contribution in [-0.4, -0.2) is 64.3 Å². The van der Waals surface area contributed by atoms with Gasteiger partial charge in [0.15, 0.2) is 11.6 Å². The van der Waals surface area contributed by atoms with Gasteiger partial charge >= 0.3 is 6.18 Å². The maximum Gasteiger partial charge on any atom is 0.451 e. The fourth-order valence-electron chi connectivity index (χ4n) is 3.86. The van der Waals surface area contributed by atoms with E-state index in [1.165, 1.54) is 0 Å². The third kappa shape index (κ3) is 4.63. The Labute approximate surface area is 187 Å². The number of likely N-dealkylation sites (N-methyl/N-ethyl adjacent to an activating group) is 1. The SMILES string of the molecule is CO[C@H](C)[C@H]1C(=O)Nc2c(C)nc(N[C@H]3C[C@H](Oc4cnc(C(F)(F)F)nc4)C3)nc2N1C. The van der Waals surface area contributed by atoms with Crippen molar-refractivity contribution in [1.29, 1.82) is 0 Å². The fraction of sp³-hybridized carbons (Fsp3) is 0.550. The number of carbonyl (C=O) groups is 1. The number of fused-ring (bicyclic) bond motifs is 1. The van der Waals surface area contributed by atoms with Gasteiger partial charge < -0.3 is 25.0 Å². The molecule has 1 saturated carbocycles. The van der Waals surface area contributed by atoms with Crippen LogP contribution in [0.15, 0.2) is 12.4 Å². The van der Waals surface area contributed by atoms with Crippen LogP contribution in [-0.2, 0) is 15.7 Å². The number of hydrogen-bond donors (Lipinski definition) is 2. The molecule has 0 bridgehead atoms. The van der Waals surface area contributed by atoms with E-state index in [0.717, 1.165) is 12.4 Å². The Bertz CT molecular complexity index is 1030. The average molecular weight is 467 g/mol. The van der Waals surface area contributed by atoms with Gasteiger partial charge in [0.1, 0.15) is 17.8 Å². The lowest BCUT2D eigenvalue weighted by atomic mass is 9.89. The van der Waals surface area contributed by atoms with Crippen molar-refractivity contribution in [2.75, 3.05) is 29.7 Å². The molecule has 4 rings (SSSR count). The first-order valence-electron chi connectivity index (χ1n) is 10.3. The van der Waals surface area contributed by atoms with Gasteiger partial charge in [-0.2, -0.15) is 18.2 Å². The van der Waals surface area contributed by atoms with Crippen LogP contribution < -0.4 is 20.3 Å². The maximum atomic E-state index is 12.6. The van der Waals surface area contributed by atoms with E-state index in [-0.39, 0.29) is 29.9 Å². The molecule has 3 heterocycles. The minimum absolute atomic E-state index is 0.0278. The predicted octanol–water partition coefficient (Wildman–Crippen LogP) is 2.41. The van der Waals surface area contributed by atoms with Crippen molar-refractivity contribution in [3.63, 3.8) is 0 Å². The largest absolute Gasteiger partial charge is 0.487 e. The van der Waals surface area contributed by atoms with E-state index in [2.05, 4.69) is 30.6 Å². The van der Waals surface area contributed by atoms with Crippen LogP contribution in [0.1, 0.15) is 31.3 Å². The summed E-state index contributed by atoms with van der Waals surface area (Å²) in [5, 5.41) is 6.12. The van der Waals surface area contributed by atoms with Gasteiger partial charge in [0.2, 0.25) is 17.7 Å². The number of hydrogen-bond acceptors (Lipinski definition) is 9. The summed E-state index contributed by atoms with van der Waals surface area (Å²) in [6.45, 7) is 3.60. The Balaban J connectivity index is 1.38. The van der Waals surface area contributed by atoms with Gasteiger partial charge in [-0.25, -0.2) is 15.0 Å². The second kappa shape index (κ2) is 8.61. The van der Waals surface area contributed by atoms with Crippen molar-refractivity contribution in [2.24, 2.45) is 0 Å². The number of nitrogens with one attached hydrogen (secondary N) is 2. The van der Waals surface area contributed by atoms with Crippen LogP contribution in [0.5, 0.6) is 5.75 Å². The van der Waals surface area contributed by atoms with Gasteiger partial charge in [-0.15, -0.1) is 0 Å². The predicted molar refractivity (Wildman–Crippen MR) is 112 cm³/mol. The van der Waals surface area contributed by atoms with E-state index in [9.17, 15) is 18.0 Å². The summed E-state index contributed by atoms with van der Waals surface area (Å²) < 4.78 is 48.7. The van der Waals surface area contributed by atoms with Crippen molar-refractivity contribution < 1.29 is 27.4 Å². The standard InChI is InChI=1S/C20H24F3N7O3/c1-9-14-16(30(3)15(10(2)32-4)17(31)28-14)29-19(26-9)27-11-5-12(6-11)33-13-7-24-18(25-8-13)20(21,22)23/h7-8,10-12,15H,5-6H2,1-4H3,(H,28,31)(H,26,27,29)/t10-,11-,12-,15+/m1/s1. The average Bonchev–Trinajstić information content (AvgIpc) is 2.72.